The monoisotopic (exact) mass is 855 g/mol. The van der Waals surface area contributed by atoms with E-state index < -0.39 is 6.10 Å². The fourth-order valence-corrected chi connectivity index (χ4v) is 7.38. The van der Waals surface area contributed by atoms with Gasteiger partial charge in [-0.2, -0.15) is 0 Å². The van der Waals surface area contributed by atoms with E-state index in [0.29, 0.717) is 19.3 Å². The van der Waals surface area contributed by atoms with E-state index in [0.717, 1.165) is 64.2 Å². The van der Waals surface area contributed by atoms with Crippen LogP contribution in [-0.4, -0.2) is 37.2 Å². The molecule has 354 valence electrons. The quantitative estimate of drug-likeness (QED) is 0.0263. The molecule has 6 heteroatoms. The summed E-state index contributed by atoms with van der Waals surface area (Å²) in [5.41, 5.74) is 0. The summed E-state index contributed by atoms with van der Waals surface area (Å²) < 4.78 is 16.7. The fourth-order valence-electron chi connectivity index (χ4n) is 7.38. The zero-order chi connectivity index (χ0) is 44.4. The maximum absolute atomic E-state index is 12.8. The van der Waals surface area contributed by atoms with Crippen LogP contribution in [0.2, 0.25) is 0 Å². The summed E-state index contributed by atoms with van der Waals surface area (Å²) in [7, 11) is 0. The highest BCUT2D eigenvalue weighted by atomic mass is 16.6. The summed E-state index contributed by atoms with van der Waals surface area (Å²) in [6.07, 6.45) is 59.5. The van der Waals surface area contributed by atoms with Crippen LogP contribution in [0.5, 0.6) is 0 Å². The normalized spacial score (nSPS) is 12.4. The second-order valence-electron chi connectivity index (χ2n) is 17.4. The molecule has 6 nitrogen and oxygen atoms in total. The van der Waals surface area contributed by atoms with Crippen LogP contribution in [-0.2, 0) is 28.6 Å². The van der Waals surface area contributed by atoms with E-state index in [2.05, 4.69) is 69.4 Å². The van der Waals surface area contributed by atoms with Gasteiger partial charge in [0.2, 0.25) is 0 Å². The molecule has 1 atom stereocenters. The summed E-state index contributed by atoms with van der Waals surface area (Å²) >= 11 is 0. The van der Waals surface area contributed by atoms with Gasteiger partial charge < -0.3 is 14.2 Å². The van der Waals surface area contributed by atoms with Gasteiger partial charge in [0, 0.05) is 19.3 Å². The van der Waals surface area contributed by atoms with E-state index in [9.17, 15) is 14.4 Å². The highest BCUT2D eigenvalue weighted by Crippen LogP contribution is 2.16. The highest BCUT2D eigenvalue weighted by molar-refractivity contribution is 5.71. The molecule has 0 radical (unpaired) electrons. The molecule has 61 heavy (non-hydrogen) atoms. The Bertz CT molecular complexity index is 1070. The number of esters is 3. The Balaban J connectivity index is 4.42. The van der Waals surface area contributed by atoms with Gasteiger partial charge in [0.15, 0.2) is 6.10 Å². The van der Waals surface area contributed by atoms with Crippen molar-refractivity contribution in [2.24, 2.45) is 0 Å². The molecule has 0 aliphatic carbocycles. The molecule has 0 saturated carbocycles. The molecule has 0 heterocycles. The third-order valence-corrected chi connectivity index (χ3v) is 11.3. The number of carbonyl (C=O) groups excluding carboxylic acids is 3. The van der Waals surface area contributed by atoms with Gasteiger partial charge in [0.05, 0.1) is 0 Å². The number of carbonyl (C=O) groups is 3. The Morgan fingerprint density at radius 3 is 0.984 bits per heavy atom. The Morgan fingerprint density at radius 1 is 0.328 bits per heavy atom. The maximum atomic E-state index is 12.8. The van der Waals surface area contributed by atoms with Gasteiger partial charge in [-0.1, -0.05) is 236 Å². The number of ether oxygens (including phenoxy) is 3. The Kier molecular flexibility index (Phi) is 47.9. The Morgan fingerprint density at radius 2 is 0.607 bits per heavy atom. The van der Waals surface area contributed by atoms with Gasteiger partial charge in [-0.05, 0) is 57.8 Å². The molecule has 0 aromatic carbocycles. The standard InChI is InChI=1S/C55H98O6/c1-4-7-10-13-16-19-22-24-26-27-29-30-33-36-39-42-45-48-54(57)60-51-52(50-59-53(56)47-44-41-38-35-32-21-18-15-12-9-6-3)61-55(58)49-46-43-40-37-34-31-28-25-23-20-17-14-11-8-5-2/h16,19,24,26,29-30,36,39,52H,4-15,17-18,20-23,25,27-28,31-35,37-38,40-51H2,1-3H3/b19-16-,26-24-,30-29-,39-36-/t52-/m1/s1. The van der Waals surface area contributed by atoms with Crippen molar-refractivity contribution >= 4 is 17.9 Å². The van der Waals surface area contributed by atoms with Crippen molar-refractivity contribution in [3.05, 3.63) is 48.6 Å². The topological polar surface area (TPSA) is 78.9 Å². The van der Waals surface area contributed by atoms with Gasteiger partial charge in [0.25, 0.3) is 0 Å². The van der Waals surface area contributed by atoms with Crippen LogP contribution in [0.3, 0.4) is 0 Å². The van der Waals surface area contributed by atoms with Gasteiger partial charge in [-0.25, -0.2) is 0 Å². The van der Waals surface area contributed by atoms with Crippen molar-refractivity contribution in [3.63, 3.8) is 0 Å². The summed E-state index contributed by atoms with van der Waals surface area (Å²) in [4.78, 5) is 37.9. The van der Waals surface area contributed by atoms with Crippen LogP contribution in [0.1, 0.15) is 265 Å². The average Bonchev–Trinajstić information content (AvgIpc) is 3.26. The molecular weight excluding hydrogens is 757 g/mol. The van der Waals surface area contributed by atoms with Gasteiger partial charge in [-0.3, -0.25) is 14.4 Å². The van der Waals surface area contributed by atoms with Crippen molar-refractivity contribution in [2.45, 2.75) is 271 Å². The predicted molar refractivity (Wildman–Crippen MR) is 261 cm³/mol. The number of allylic oxidation sites excluding steroid dienone is 8. The lowest BCUT2D eigenvalue weighted by Crippen LogP contribution is -2.30. The molecule has 0 amide bonds. The fraction of sp³-hybridized carbons (Fsp3) is 0.800. The molecule has 0 spiro atoms. The number of rotatable bonds is 47. The van der Waals surface area contributed by atoms with Crippen molar-refractivity contribution < 1.29 is 28.6 Å². The predicted octanol–water partition coefficient (Wildman–Crippen LogP) is 17.1. The van der Waals surface area contributed by atoms with E-state index in [4.69, 9.17) is 14.2 Å². The molecule has 0 unspecified atom stereocenters. The lowest BCUT2D eigenvalue weighted by molar-refractivity contribution is -0.167. The molecule has 0 aliphatic rings. The van der Waals surface area contributed by atoms with Crippen molar-refractivity contribution in [2.75, 3.05) is 13.2 Å². The number of hydrogen-bond acceptors (Lipinski definition) is 6. The minimum atomic E-state index is -0.789. The zero-order valence-electron chi connectivity index (χ0n) is 40.4. The lowest BCUT2D eigenvalue weighted by atomic mass is 10.0. The summed E-state index contributed by atoms with van der Waals surface area (Å²) in [6.45, 7) is 6.57. The first-order chi connectivity index (χ1) is 30.0. The summed E-state index contributed by atoms with van der Waals surface area (Å²) in [6, 6.07) is 0. The lowest BCUT2D eigenvalue weighted by Gasteiger charge is -2.18. The van der Waals surface area contributed by atoms with Crippen LogP contribution in [0.15, 0.2) is 48.6 Å². The largest absolute Gasteiger partial charge is 0.462 e. The average molecular weight is 855 g/mol. The molecule has 0 N–H and O–H groups in total. The minimum Gasteiger partial charge on any atom is -0.462 e. The van der Waals surface area contributed by atoms with Crippen molar-refractivity contribution in [3.8, 4) is 0 Å². The molecule has 0 bridgehead atoms. The molecule has 0 fully saturated rings. The number of hydrogen-bond donors (Lipinski definition) is 0. The molecule has 0 saturated heterocycles. The third kappa shape index (κ3) is 48.3. The van der Waals surface area contributed by atoms with E-state index in [-0.39, 0.29) is 37.5 Å². The van der Waals surface area contributed by atoms with E-state index in [1.54, 1.807) is 0 Å². The molecule has 0 aromatic heterocycles. The van der Waals surface area contributed by atoms with Gasteiger partial charge >= 0.3 is 17.9 Å². The second kappa shape index (κ2) is 50.0. The highest BCUT2D eigenvalue weighted by Gasteiger charge is 2.19. The van der Waals surface area contributed by atoms with Crippen molar-refractivity contribution in [1.82, 2.24) is 0 Å². The third-order valence-electron chi connectivity index (χ3n) is 11.3. The van der Waals surface area contributed by atoms with E-state index in [1.165, 1.54) is 154 Å². The van der Waals surface area contributed by atoms with Gasteiger partial charge in [0.1, 0.15) is 13.2 Å². The first-order valence-corrected chi connectivity index (χ1v) is 26.1. The van der Waals surface area contributed by atoms with Crippen LogP contribution < -0.4 is 0 Å². The molecule has 0 rings (SSSR count). The first-order valence-electron chi connectivity index (χ1n) is 26.1. The maximum Gasteiger partial charge on any atom is 0.306 e. The van der Waals surface area contributed by atoms with E-state index >= 15 is 0 Å². The Hall–Kier alpha value is -2.63. The second-order valence-corrected chi connectivity index (χ2v) is 17.4. The van der Waals surface area contributed by atoms with Crippen LogP contribution in [0.4, 0.5) is 0 Å². The SMILES string of the molecule is CCCCC/C=C\C/C=C\C/C=C\C/C=C\CCCC(=O)OC[C@@H](COC(=O)CCCCCCCCCCCCC)OC(=O)CCCCCCCCCCCCCCCCC. The van der Waals surface area contributed by atoms with Crippen molar-refractivity contribution in [1.29, 1.82) is 0 Å². The molecule has 0 aliphatic heterocycles. The smallest absolute Gasteiger partial charge is 0.306 e. The minimum absolute atomic E-state index is 0.0863. The van der Waals surface area contributed by atoms with Crippen LogP contribution in [0.25, 0.3) is 0 Å². The Labute approximate surface area is 378 Å². The summed E-state index contributed by atoms with van der Waals surface area (Å²) in [5, 5.41) is 0. The first kappa shape index (κ1) is 58.4. The molecular formula is C55H98O6. The summed E-state index contributed by atoms with van der Waals surface area (Å²) in [5.74, 6) is -0.936. The van der Waals surface area contributed by atoms with E-state index in [1.807, 2.05) is 0 Å². The zero-order valence-corrected chi connectivity index (χ0v) is 40.4. The molecule has 0 aromatic rings. The number of unbranched alkanes of at least 4 members (excludes halogenated alkanes) is 28. The van der Waals surface area contributed by atoms with Gasteiger partial charge in [-0.15, -0.1) is 0 Å². The van der Waals surface area contributed by atoms with Crippen LogP contribution in [0, 0.1) is 0 Å². The van der Waals surface area contributed by atoms with Crippen LogP contribution >= 0.6 is 0 Å².